The van der Waals surface area contributed by atoms with Crippen LogP contribution in [0.1, 0.15) is 94.4 Å². The summed E-state index contributed by atoms with van der Waals surface area (Å²) in [6.07, 6.45) is 12.8. The van der Waals surface area contributed by atoms with E-state index in [0.29, 0.717) is 29.2 Å². The quantitative estimate of drug-likeness (QED) is 0.155. The van der Waals surface area contributed by atoms with Crippen LogP contribution in [-0.4, -0.2) is 53.6 Å². The number of fused-ring (bicyclic) bond motifs is 3. The highest BCUT2D eigenvalue weighted by atomic mass is 16.7. The fourth-order valence-electron chi connectivity index (χ4n) is 9.96. The molecular weight excluding hydrogens is 578 g/mol. The molecule has 0 radical (unpaired) electrons. The number of aryl methyl sites for hydroxylation is 1. The van der Waals surface area contributed by atoms with E-state index in [4.69, 9.17) is 18.9 Å². The molecule has 1 spiro atoms. The highest BCUT2D eigenvalue weighted by Gasteiger charge is 2.64. The van der Waals surface area contributed by atoms with Crippen molar-refractivity contribution >= 4 is 6.16 Å². The number of unbranched alkanes of at least 4 members (excludes halogenated alkanes) is 2. The van der Waals surface area contributed by atoms with Crippen LogP contribution in [0.25, 0.3) is 0 Å². The minimum atomic E-state index is -0.805. The fourth-order valence-corrected chi connectivity index (χ4v) is 9.96. The van der Waals surface area contributed by atoms with E-state index in [2.05, 4.69) is 57.9 Å². The van der Waals surface area contributed by atoms with Crippen molar-refractivity contribution in [3.63, 3.8) is 0 Å². The van der Waals surface area contributed by atoms with E-state index in [-0.39, 0.29) is 22.9 Å². The van der Waals surface area contributed by atoms with Crippen molar-refractivity contribution in [3.05, 3.63) is 70.3 Å². The highest BCUT2D eigenvalue weighted by Crippen LogP contribution is 2.62. The van der Waals surface area contributed by atoms with Crippen LogP contribution in [0.15, 0.2) is 48.1 Å². The van der Waals surface area contributed by atoms with E-state index >= 15 is 0 Å². The monoisotopic (exact) mass is 625 g/mol. The molecular formula is C39H47NO6. The lowest BCUT2D eigenvalue weighted by atomic mass is 9.53. The number of piperidine rings is 1. The van der Waals surface area contributed by atoms with Crippen LogP contribution >= 0.6 is 0 Å². The van der Waals surface area contributed by atoms with E-state index < -0.39 is 18.4 Å². The summed E-state index contributed by atoms with van der Waals surface area (Å²) in [7, 11) is 2.19. The smallest absolute Gasteiger partial charge is 0.487 e. The maximum atomic E-state index is 13.5. The number of benzene rings is 2. The summed E-state index contributed by atoms with van der Waals surface area (Å²) in [5.74, 6) is 3.09. The number of likely N-dealkylation sites (N-methyl/N-ethyl adjacent to an activating group) is 1. The summed E-state index contributed by atoms with van der Waals surface area (Å²) in [5, 5.41) is 11.1. The zero-order valence-electron chi connectivity index (χ0n) is 27.8. The van der Waals surface area contributed by atoms with Gasteiger partial charge in [0.25, 0.3) is 0 Å². The van der Waals surface area contributed by atoms with Crippen molar-refractivity contribution in [1.29, 1.82) is 0 Å². The summed E-state index contributed by atoms with van der Waals surface area (Å²) >= 11 is 0. The molecule has 0 aromatic heterocycles. The average Bonchev–Trinajstić information content (AvgIpc) is 3.36. The molecule has 2 aromatic rings. The van der Waals surface area contributed by atoms with Gasteiger partial charge in [0.2, 0.25) is 0 Å². The van der Waals surface area contributed by atoms with Gasteiger partial charge in [0, 0.05) is 46.4 Å². The zero-order valence-corrected chi connectivity index (χ0v) is 27.8. The first-order chi connectivity index (χ1) is 22.1. The molecule has 0 amide bonds. The molecule has 3 heterocycles. The summed E-state index contributed by atoms with van der Waals surface area (Å²) in [6, 6.07) is 8.14. The molecule has 6 aliphatic rings. The van der Waals surface area contributed by atoms with Crippen molar-refractivity contribution in [2.45, 2.75) is 114 Å². The van der Waals surface area contributed by atoms with Gasteiger partial charge in [-0.3, -0.25) is 0 Å². The van der Waals surface area contributed by atoms with Crippen molar-refractivity contribution < 1.29 is 28.8 Å². The van der Waals surface area contributed by atoms with Crippen LogP contribution < -0.4 is 18.9 Å². The van der Waals surface area contributed by atoms with Crippen molar-refractivity contribution in [2.24, 2.45) is 11.8 Å². The van der Waals surface area contributed by atoms with Gasteiger partial charge < -0.3 is 29.0 Å². The van der Waals surface area contributed by atoms with Crippen LogP contribution in [0.3, 0.4) is 0 Å². The molecule has 5 unspecified atom stereocenters. The van der Waals surface area contributed by atoms with Gasteiger partial charge in [-0.2, -0.15) is 0 Å². The Kier molecular flexibility index (Phi) is 7.11. The second-order valence-electron chi connectivity index (χ2n) is 15.2. The Morgan fingerprint density at radius 2 is 2.00 bits per heavy atom. The molecule has 46 heavy (non-hydrogen) atoms. The predicted octanol–water partition coefficient (Wildman–Crippen LogP) is 7.41. The summed E-state index contributed by atoms with van der Waals surface area (Å²) in [4.78, 5) is 15.9. The Labute approximate surface area is 272 Å². The first-order valence-corrected chi connectivity index (χ1v) is 17.4. The van der Waals surface area contributed by atoms with Gasteiger partial charge in [0.15, 0.2) is 11.5 Å². The number of rotatable bonds is 6. The maximum absolute atomic E-state index is 13.5. The van der Waals surface area contributed by atoms with Gasteiger partial charge >= 0.3 is 6.16 Å². The number of aliphatic hydroxyl groups is 1. The summed E-state index contributed by atoms with van der Waals surface area (Å²) in [5.41, 5.74) is 5.53. The van der Waals surface area contributed by atoms with Crippen molar-refractivity contribution in [1.82, 2.24) is 4.90 Å². The Morgan fingerprint density at radius 1 is 1.15 bits per heavy atom. The Bertz CT molecular complexity index is 1640. The van der Waals surface area contributed by atoms with Crippen LogP contribution in [0.2, 0.25) is 0 Å². The molecule has 3 aliphatic carbocycles. The fraction of sp³-hybridized carbons (Fsp3) is 0.564. The summed E-state index contributed by atoms with van der Waals surface area (Å²) in [6.45, 7) is 9.74. The first kappa shape index (κ1) is 30.1. The molecule has 7 atom stereocenters. The molecule has 244 valence electrons. The molecule has 3 aliphatic heterocycles. The second kappa shape index (κ2) is 10.9. The zero-order chi connectivity index (χ0) is 32.0. The van der Waals surface area contributed by atoms with E-state index in [1.807, 2.05) is 24.3 Å². The van der Waals surface area contributed by atoms with Crippen molar-refractivity contribution in [3.8, 4) is 23.0 Å². The molecule has 1 saturated heterocycles. The molecule has 1 N–H and O–H groups in total. The van der Waals surface area contributed by atoms with E-state index in [0.717, 1.165) is 69.2 Å². The van der Waals surface area contributed by atoms with Gasteiger partial charge in [-0.05, 0) is 96.1 Å². The lowest BCUT2D eigenvalue weighted by Gasteiger charge is -2.56. The maximum Gasteiger partial charge on any atom is 0.519 e. The average molecular weight is 626 g/mol. The lowest BCUT2D eigenvalue weighted by Crippen LogP contribution is -2.64. The Hall–Kier alpha value is -3.29. The van der Waals surface area contributed by atoms with Crippen molar-refractivity contribution in [2.75, 3.05) is 13.6 Å². The lowest BCUT2D eigenvalue weighted by molar-refractivity contribution is -0.0453. The molecule has 1 fully saturated rings. The minimum absolute atomic E-state index is 0.240. The van der Waals surface area contributed by atoms with Gasteiger partial charge in [-0.1, -0.05) is 49.6 Å². The van der Waals surface area contributed by atoms with E-state index in [1.165, 1.54) is 22.3 Å². The van der Waals surface area contributed by atoms with Gasteiger partial charge in [0.05, 0.1) is 0 Å². The Morgan fingerprint density at radius 3 is 2.83 bits per heavy atom. The van der Waals surface area contributed by atoms with E-state index in [9.17, 15) is 9.90 Å². The van der Waals surface area contributed by atoms with Crippen LogP contribution in [0.5, 0.6) is 23.0 Å². The third-order valence-corrected chi connectivity index (χ3v) is 12.1. The van der Waals surface area contributed by atoms with Crippen LogP contribution in [0, 0.1) is 11.8 Å². The largest absolute Gasteiger partial charge is 0.519 e. The molecule has 7 heteroatoms. The normalized spacial score (nSPS) is 32.7. The molecule has 8 rings (SSSR count). The number of ether oxygens (including phenoxy) is 4. The standard InChI is InChI=1S/C39H47NO6/c1-6-7-8-9-23-19-25(21-32-33(23)26-18-22(2)10-12-27(26)38(3,4)46-32)43-37(42)44-31-15-11-24-20-29-28-13-14-30(41)36-39(28,16-17-40(29)5)34(24)35(31)45-36/h11,13-15,18-19,21,26-30,36,41H,6-10,12,16-17,20H2,1-5H3/t26-,27-,28?,29?,30?,36?,39?/m1/s1. The van der Waals surface area contributed by atoms with Crippen LogP contribution in [-0.2, 0) is 18.3 Å². The number of carbonyl (C=O) groups is 1. The van der Waals surface area contributed by atoms with Gasteiger partial charge in [0.1, 0.15) is 29.3 Å². The number of likely N-dealkylation sites (tertiary alicyclic amines) is 1. The third-order valence-electron chi connectivity index (χ3n) is 12.1. The molecule has 2 aromatic carbocycles. The second-order valence-corrected chi connectivity index (χ2v) is 15.2. The first-order valence-electron chi connectivity index (χ1n) is 17.4. The number of hydrogen-bond acceptors (Lipinski definition) is 7. The molecule has 2 bridgehead atoms. The summed E-state index contributed by atoms with van der Waals surface area (Å²) < 4.78 is 25.1. The number of hydrogen-bond donors (Lipinski definition) is 1. The van der Waals surface area contributed by atoms with E-state index in [1.54, 1.807) is 0 Å². The minimum Gasteiger partial charge on any atom is -0.487 e. The number of carbonyl (C=O) groups excluding carboxylic acids is 1. The van der Waals surface area contributed by atoms with Gasteiger partial charge in [-0.15, -0.1) is 0 Å². The number of aliphatic hydroxyl groups excluding tert-OH is 1. The SMILES string of the molecule is CCCCCc1cc(OC(=O)Oc2ccc3c4c2OC2C(O)C=CC5C(C3)N(C)CCC452)cc2c1[C@@H]1C=C(C)CC[C@H]1C(C)(C)O2. The third kappa shape index (κ3) is 4.48. The molecule has 7 nitrogen and oxygen atoms in total. The van der Waals surface area contributed by atoms with Gasteiger partial charge in [-0.25, -0.2) is 4.79 Å². The number of allylic oxidation sites excluding steroid dienone is 2. The topological polar surface area (TPSA) is 77.5 Å². The van der Waals surface area contributed by atoms with Crippen LogP contribution in [0.4, 0.5) is 4.79 Å². The highest BCUT2D eigenvalue weighted by molar-refractivity contribution is 5.72. The Balaban J connectivity index is 1.11. The number of nitrogens with zero attached hydrogens (tertiary/aromatic N) is 1. The predicted molar refractivity (Wildman–Crippen MR) is 176 cm³/mol. The molecule has 0 saturated carbocycles.